The largest absolute Gasteiger partial charge is 0.496 e. The van der Waals surface area contributed by atoms with Crippen molar-refractivity contribution in [1.29, 1.82) is 0 Å². The molecule has 1 aliphatic carbocycles. The quantitative estimate of drug-likeness (QED) is 0.848. The summed E-state index contributed by atoms with van der Waals surface area (Å²) in [7, 11) is 1.79. The lowest BCUT2D eigenvalue weighted by atomic mass is 9.79. The fourth-order valence-electron chi connectivity index (χ4n) is 4.36. The second-order valence-corrected chi connectivity index (χ2v) is 6.49. The first-order chi connectivity index (χ1) is 10.9. The van der Waals surface area contributed by atoms with E-state index in [1.54, 1.807) is 7.11 Å². The second kappa shape index (κ2) is 5.77. The predicted octanol–water partition coefficient (Wildman–Crippen LogP) is 4.00. The minimum atomic E-state index is 0.683. The molecule has 0 spiro atoms. The van der Waals surface area contributed by atoms with Crippen LogP contribution in [0.3, 0.4) is 0 Å². The Kier molecular flexibility index (Phi) is 3.63. The van der Waals surface area contributed by atoms with Gasteiger partial charge in [-0.25, -0.2) is 0 Å². The van der Waals surface area contributed by atoms with Crippen LogP contribution in [0.25, 0.3) is 0 Å². The minimum Gasteiger partial charge on any atom is -0.496 e. The van der Waals surface area contributed by atoms with Gasteiger partial charge >= 0.3 is 0 Å². The summed E-state index contributed by atoms with van der Waals surface area (Å²) >= 11 is 0. The normalized spacial score (nSPS) is 23.9. The summed E-state index contributed by atoms with van der Waals surface area (Å²) in [6, 6.07) is 18.1. The third-order valence-corrected chi connectivity index (χ3v) is 5.37. The van der Waals surface area contributed by atoms with Crippen LogP contribution < -0.4 is 4.74 Å². The molecular weight excluding hydrogens is 270 g/mol. The standard InChI is InChI=1S/C20H23NO/c1-22-20-9-5-8-16-17-12-13-21(19(17)11-10-18(16)20)14-15-6-3-2-4-7-15/h2-9,17,19H,10-14H2,1H3/t17-,19+/m1/s1. The Balaban J connectivity index is 1.58. The average Bonchev–Trinajstić information content (AvgIpc) is 2.98. The van der Waals surface area contributed by atoms with Gasteiger partial charge in [-0.1, -0.05) is 42.5 Å². The molecule has 0 N–H and O–H groups in total. The van der Waals surface area contributed by atoms with Crippen LogP contribution in [-0.2, 0) is 13.0 Å². The maximum atomic E-state index is 5.57. The Labute approximate surface area is 132 Å². The molecule has 4 rings (SSSR count). The SMILES string of the molecule is COc1cccc2c1CC[C@H]1[C@@H]2CCN1Cc1ccccc1. The number of hydrogen-bond donors (Lipinski definition) is 0. The van der Waals surface area contributed by atoms with Crippen LogP contribution in [0, 0.1) is 0 Å². The molecule has 0 radical (unpaired) electrons. The van der Waals surface area contributed by atoms with E-state index in [1.807, 2.05) is 0 Å². The summed E-state index contributed by atoms with van der Waals surface area (Å²) in [5.41, 5.74) is 4.42. The first-order valence-electron chi connectivity index (χ1n) is 8.30. The van der Waals surface area contributed by atoms with Crippen LogP contribution in [0.5, 0.6) is 5.75 Å². The van der Waals surface area contributed by atoms with Crippen molar-refractivity contribution >= 4 is 0 Å². The highest BCUT2D eigenvalue weighted by Crippen LogP contribution is 2.44. The minimum absolute atomic E-state index is 0.683. The maximum Gasteiger partial charge on any atom is 0.122 e. The molecule has 22 heavy (non-hydrogen) atoms. The molecule has 0 saturated carbocycles. The zero-order valence-corrected chi connectivity index (χ0v) is 13.2. The molecule has 0 amide bonds. The maximum absolute atomic E-state index is 5.57. The molecule has 2 heteroatoms. The summed E-state index contributed by atoms with van der Waals surface area (Å²) in [6.45, 7) is 2.29. The zero-order valence-electron chi connectivity index (χ0n) is 13.2. The van der Waals surface area contributed by atoms with Crippen LogP contribution >= 0.6 is 0 Å². The Bertz CT molecular complexity index is 652. The number of hydrogen-bond acceptors (Lipinski definition) is 2. The van der Waals surface area contributed by atoms with Crippen molar-refractivity contribution in [3.63, 3.8) is 0 Å². The molecule has 114 valence electrons. The molecule has 2 atom stereocenters. The van der Waals surface area contributed by atoms with Gasteiger partial charge in [-0.05, 0) is 48.6 Å². The molecule has 2 aromatic rings. The van der Waals surface area contributed by atoms with Crippen molar-refractivity contribution in [3.8, 4) is 5.75 Å². The predicted molar refractivity (Wildman–Crippen MR) is 89.3 cm³/mol. The van der Waals surface area contributed by atoms with Crippen LogP contribution in [0.4, 0.5) is 0 Å². The zero-order chi connectivity index (χ0) is 14.9. The lowest BCUT2D eigenvalue weighted by Gasteiger charge is -2.34. The molecule has 0 bridgehead atoms. The molecule has 2 nitrogen and oxygen atoms in total. The lowest BCUT2D eigenvalue weighted by molar-refractivity contribution is 0.218. The molecule has 1 aliphatic heterocycles. The third kappa shape index (κ3) is 2.32. The Morgan fingerprint density at radius 3 is 2.73 bits per heavy atom. The van der Waals surface area contributed by atoms with Gasteiger partial charge < -0.3 is 4.74 Å². The Morgan fingerprint density at radius 1 is 1.05 bits per heavy atom. The number of fused-ring (bicyclic) bond motifs is 3. The summed E-state index contributed by atoms with van der Waals surface area (Å²) in [5, 5.41) is 0. The van der Waals surface area contributed by atoms with Crippen molar-refractivity contribution in [2.24, 2.45) is 0 Å². The van der Waals surface area contributed by atoms with Gasteiger partial charge in [0.25, 0.3) is 0 Å². The van der Waals surface area contributed by atoms with E-state index in [-0.39, 0.29) is 0 Å². The molecule has 2 aromatic carbocycles. The number of nitrogens with zero attached hydrogens (tertiary/aromatic N) is 1. The number of likely N-dealkylation sites (tertiary alicyclic amines) is 1. The highest BCUT2D eigenvalue weighted by Gasteiger charge is 2.39. The lowest BCUT2D eigenvalue weighted by Crippen LogP contribution is -2.34. The number of rotatable bonds is 3. The number of benzene rings is 2. The van der Waals surface area contributed by atoms with Gasteiger partial charge in [0.05, 0.1) is 7.11 Å². The van der Waals surface area contributed by atoms with Gasteiger partial charge in [0, 0.05) is 18.5 Å². The first-order valence-corrected chi connectivity index (χ1v) is 8.30. The van der Waals surface area contributed by atoms with Gasteiger partial charge in [-0.15, -0.1) is 0 Å². The molecule has 1 heterocycles. The van der Waals surface area contributed by atoms with Crippen LogP contribution in [0.1, 0.15) is 35.4 Å². The van der Waals surface area contributed by atoms with Gasteiger partial charge in [-0.2, -0.15) is 0 Å². The van der Waals surface area contributed by atoms with E-state index < -0.39 is 0 Å². The van der Waals surface area contributed by atoms with Gasteiger partial charge in [-0.3, -0.25) is 4.90 Å². The van der Waals surface area contributed by atoms with E-state index in [1.165, 1.54) is 36.1 Å². The average molecular weight is 293 g/mol. The van der Waals surface area contributed by atoms with E-state index in [2.05, 4.69) is 53.4 Å². The molecule has 1 saturated heterocycles. The molecule has 2 aliphatic rings. The molecule has 1 fully saturated rings. The van der Waals surface area contributed by atoms with Crippen molar-refractivity contribution in [3.05, 3.63) is 65.2 Å². The fourth-order valence-corrected chi connectivity index (χ4v) is 4.36. The second-order valence-electron chi connectivity index (χ2n) is 6.49. The van der Waals surface area contributed by atoms with Gasteiger partial charge in [0.2, 0.25) is 0 Å². The number of ether oxygens (including phenoxy) is 1. The highest BCUT2D eigenvalue weighted by molar-refractivity contribution is 5.45. The van der Waals surface area contributed by atoms with Gasteiger partial charge in [0.15, 0.2) is 0 Å². The van der Waals surface area contributed by atoms with Gasteiger partial charge in [0.1, 0.15) is 5.75 Å². The van der Waals surface area contributed by atoms with Crippen LogP contribution in [0.2, 0.25) is 0 Å². The summed E-state index contributed by atoms with van der Waals surface area (Å²) < 4.78 is 5.57. The Morgan fingerprint density at radius 2 is 1.91 bits per heavy atom. The molecular formula is C20H23NO. The smallest absolute Gasteiger partial charge is 0.122 e. The van der Waals surface area contributed by atoms with Crippen LogP contribution in [-0.4, -0.2) is 24.6 Å². The van der Waals surface area contributed by atoms with E-state index in [0.29, 0.717) is 12.0 Å². The van der Waals surface area contributed by atoms with E-state index in [0.717, 1.165) is 18.7 Å². The van der Waals surface area contributed by atoms with E-state index >= 15 is 0 Å². The monoisotopic (exact) mass is 293 g/mol. The van der Waals surface area contributed by atoms with Crippen molar-refractivity contribution in [1.82, 2.24) is 4.90 Å². The molecule has 0 aromatic heterocycles. The topological polar surface area (TPSA) is 12.5 Å². The summed E-state index contributed by atoms with van der Waals surface area (Å²) in [6.07, 6.45) is 3.67. The third-order valence-electron chi connectivity index (χ3n) is 5.37. The van der Waals surface area contributed by atoms with Crippen LogP contribution in [0.15, 0.2) is 48.5 Å². The van der Waals surface area contributed by atoms with Crippen molar-refractivity contribution in [2.45, 2.75) is 37.8 Å². The summed E-state index contributed by atoms with van der Waals surface area (Å²) in [5.74, 6) is 1.76. The van der Waals surface area contributed by atoms with E-state index in [9.17, 15) is 0 Å². The highest BCUT2D eigenvalue weighted by atomic mass is 16.5. The first kappa shape index (κ1) is 13.8. The fraction of sp³-hybridized carbons (Fsp3) is 0.400. The number of methoxy groups -OCH3 is 1. The molecule has 0 unspecified atom stereocenters. The van der Waals surface area contributed by atoms with E-state index in [4.69, 9.17) is 4.74 Å². The summed E-state index contributed by atoms with van der Waals surface area (Å²) in [4.78, 5) is 2.68. The Hall–Kier alpha value is -1.80. The van der Waals surface area contributed by atoms with Crippen molar-refractivity contribution < 1.29 is 4.74 Å². The van der Waals surface area contributed by atoms with Crippen molar-refractivity contribution in [2.75, 3.05) is 13.7 Å².